The minimum atomic E-state index is -1.16. The van der Waals surface area contributed by atoms with Crippen molar-refractivity contribution in [1.82, 2.24) is 4.98 Å². The third kappa shape index (κ3) is 2.69. The predicted octanol–water partition coefficient (Wildman–Crippen LogP) is 3.02. The molecule has 1 amide bonds. The summed E-state index contributed by atoms with van der Waals surface area (Å²) in [7, 11) is 0. The van der Waals surface area contributed by atoms with E-state index in [-0.39, 0.29) is 5.69 Å². The van der Waals surface area contributed by atoms with E-state index < -0.39 is 6.09 Å². The number of nitriles is 1. The van der Waals surface area contributed by atoms with Gasteiger partial charge in [-0.05, 0) is 18.6 Å². The first kappa shape index (κ1) is 12.6. The maximum atomic E-state index is 10.8. The van der Waals surface area contributed by atoms with E-state index in [0.29, 0.717) is 16.9 Å². The topological polar surface area (TPSA) is 86.0 Å². The van der Waals surface area contributed by atoms with E-state index in [4.69, 9.17) is 10.4 Å². The molecule has 0 bridgehead atoms. The van der Waals surface area contributed by atoms with Crippen LogP contribution in [0.25, 0.3) is 11.3 Å². The fourth-order valence-electron chi connectivity index (χ4n) is 1.75. The van der Waals surface area contributed by atoms with Gasteiger partial charge in [0.2, 0.25) is 0 Å². The molecule has 5 heteroatoms. The zero-order chi connectivity index (χ0) is 13.8. The maximum Gasteiger partial charge on any atom is 0.409 e. The molecular formula is C14H11N3O2. The van der Waals surface area contributed by atoms with Crippen LogP contribution in [0.2, 0.25) is 0 Å². The highest BCUT2D eigenvalue weighted by molar-refractivity contribution is 5.89. The Labute approximate surface area is 110 Å². The van der Waals surface area contributed by atoms with E-state index in [1.54, 1.807) is 13.0 Å². The minimum Gasteiger partial charge on any atom is -0.465 e. The number of aromatic nitrogens is 1. The highest BCUT2D eigenvalue weighted by Crippen LogP contribution is 2.27. The van der Waals surface area contributed by atoms with E-state index >= 15 is 0 Å². The Kier molecular flexibility index (Phi) is 3.44. The summed E-state index contributed by atoms with van der Waals surface area (Å²) in [6, 6.07) is 12.7. The van der Waals surface area contributed by atoms with Gasteiger partial charge in [-0.2, -0.15) is 5.26 Å². The van der Waals surface area contributed by atoms with Gasteiger partial charge in [-0.1, -0.05) is 30.3 Å². The van der Waals surface area contributed by atoms with Crippen LogP contribution in [0, 0.1) is 18.3 Å². The van der Waals surface area contributed by atoms with E-state index in [1.165, 1.54) is 0 Å². The number of benzene rings is 1. The highest BCUT2D eigenvalue weighted by Gasteiger charge is 2.12. The van der Waals surface area contributed by atoms with Gasteiger partial charge in [0.05, 0.1) is 11.4 Å². The highest BCUT2D eigenvalue weighted by atomic mass is 16.4. The average Bonchev–Trinajstić information content (AvgIpc) is 2.39. The molecule has 1 aromatic carbocycles. The quantitative estimate of drug-likeness (QED) is 0.861. The molecule has 19 heavy (non-hydrogen) atoms. The van der Waals surface area contributed by atoms with Gasteiger partial charge in [0.1, 0.15) is 11.8 Å². The van der Waals surface area contributed by atoms with Crippen molar-refractivity contribution >= 4 is 11.8 Å². The van der Waals surface area contributed by atoms with Crippen LogP contribution in [0.1, 0.15) is 11.3 Å². The van der Waals surface area contributed by atoms with Crippen molar-refractivity contribution in [3.05, 3.63) is 47.7 Å². The second kappa shape index (κ2) is 5.19. The summed E-state index contributed by atoms with van der Waals surface area (Å²) in [5.74, 6) is 0. The lowest BCUT2D eigenvalue weighted by molar-refractivity contribution is 0.210. The van der Waals surface area contributed by atoms with Crippen LogP contribution < -0.4 is 5.32 Å². The number of rotatable bonds is 2. The third-order valence-electron chi connectivity index (χ3n) is 2.61. The molecule has 0 aliphatic rings. The molecule has 94 valence electrons. The van der Waals surface area contributed by atoms with Gasteiger partial charge in [-0.25, -0.2) is 9.78 Å². The fraction of sp³-hybridized carbons (Fsp3) is 0.0714. The first-order valence-corrected chi connectivity index (χ1v) is 5.59. The van der Waals surface area contributed by atoms with Gasteiger partial charge in [0.25, 0.3) is 0 Å². The molecule has 0 spiro atoms. The molecule has 0 aliphatic heterocycles. The smallest absolute Gasteiger partial charge is 0.409 e. The molecule has 2 aromatic rings. The van der Waals surface area contributed by atoms with E-state index in [0.717, 1.165) is 5.56 Å². The summed E-state index contributed by atoms with van der Waals surface area (Å²) >= 11 is 0. The van der Waals surface area contributed by atoms with Gasteiger partial charge < -0.3 is 5.11 Å². The van der Waals surface area contributed by atoms with Crippen molar-refractivity contribution in [2.75, 3.05) is 5.32 Å². The Balaban J connectivity index is 2.63. The zero-order valence-electron chi connectivity index (χ0n) is 10.2. The molecule has 0 fully saturated rings. The van der Waals surface area contributed by atoms with Crippen LogP contribution in [0.5, 0.6) is 0 Å². The molecule has 0 radical (unpaired) electrons. The number of hydrogen-bond donors (Lipinski definition) is 2. The molecule has 0 saturated carbocycles. The number of amides is 1. The Bertz CT molecular complexity index is 660. The first-order chi connectivity index (χ1) is 9.11. The number of aryl methyl sites for hydroxylation is 1. The Hall–Kier alpha value is -2.87. The monoisotopic (exact) mass is 253 g/mol. The van der Waals surface area contributed by atoms with Crippen LogP contribution in [-0.2, 0) is 0 Å². The van der Waals surface area contributed by atoms with Crippen LogP contribution in [-0.4, -0.2) is 16.2 Å². The van der Waals surface area contributed by atoms with Crippen molar-refractivity contribution in [3.63, 3.8) is 0 Å². The van der Waals surface area contributed by atoms with Crippen LogP contribution in [0.4, 0.5) is 10.5 Å². The molecule has 5 nitrogen and oxygen atoms in total. The number of nitrogens with one attached hydrogen (secondary N) is 1. The molecule has 0 saturated heterocycles. The summed E-state index contributed by atoms with van der Waals surface area (Å²) in [5, 5.41) is 20.2. The summed E-state index contributed by atoms with van der Waals surface area (Å²) in [4.78, 5) is 15.0. The van der Waals surface area contributed by atoms with Crippen molar-refractivity contribution in [2.45, 2.75) is 6.92 Å². The number of carbonyl (C=O) groups is 1. The molecular weight excluding hydrogens is 242 g/mol. The Morgan fingerprint density at radius 3 is 2.63 bits per heavy atom. The van der Waals surface area contributed by atoms with Gasteiger partial charge in [0, 0.05) is 5.56 Å². The van der Waals surface area contributed by atoms with Gasteiger partial charge in [0.15, 0.2) is 0 Å². The van der Waals surface area contributed by atoms with Crippen molar-refractivity contribution in [2.24, 2.45) is 0 Å². The SMILES string of the molecule is Cc1cc(NC(=O)O)c(-c2ccccc2)nc1C#N. The van der Waals surface area contributed by atoms with Gasteiger partial charge in [-0.3, -0.25) is 5.32 Å². The first-order valence-electron chi connectivity index (χ1n) is 5.59. The second-order valence-electron chi connectivity index (χ2n) is 3.96. The molecule has 2 rings (SSSR count). The normalized spacial score (nSPS) is 9.68. The summed E-state index contributed by atoms with van der Waals surface area (Å²) in [5.41, 5.74) is 2.49. The molecule has 0 atom stereocenters. The average molecular weight is 253 g/mol. The molecule has 0 unspecified atom stereocenters. The third-order valence-corrected chi connectivity index (χ3v) is 2.61. The van der Waals surface area contributed by atoms with E-state index in [1.807, 2.05) is 36.4 Å². The summed E-state index contributed by atoms with van der Waals surface area (Å²) in [6.45, 7) is 1.72. The van der Waals surface area contributed by atoms with Gasteiger partial charge in [-0.15, -0.1) is 0 Å². The molecule has 1 aromatic heterocycles. The number of hydrogen-bond acceptors (Lipinski definition) is 3. The maximum absolute atomic E-state index is 10.8. The number of anilines is 1. The predicted molar refractivity (Wildman–Crippen MR) is 70.8 cm³/mol. The number of pyridine rings is 1. The number of nitrogens with zero attached hydrogens (tertiary/aromatic N) is 2. The lowest BCUT2D eigenvalue weighted by Gasteiger charge is -2.10. The van der Waals surface area contributed by atoms with Crippen molar-refractivity contribution in [3.8, 4) is 17.3 Å². The van der Waals surface area contributed by atoms with Crippen LogP contribution in [0.3, 0.4) is 0 Å². The number of carboxylic acid groups (broad SMARTS) is 1. The molecule has 1 heterocycles. The van der Waals surface area contributed by atoms with Crippen LogP contribution in [0.15, 0.2) is 36.4 Å². The van der Waals surface area contributed by atoms with Crippen molar-refractivity contribution in [1.29, 1.82) is 5.26 Å². The zero-order valence-corrected chi connectivity index (χ0v) is 10.2. The van der Waals surface area contributed by atoms with Crippen LogP contribution >= 0.6 is 0 Å². The Morgan fingerprint density at radius 1 is 1.37 bits per heavy atom. The second-order valence-corrected chi connectivity index (χ2v) is 3.96. The largest absolute Gasteiger partial charge is 0.465 e. The van der Waals surface area contributed by atoms with Gasteiger partial charge >= 0.3 is 6.09 Å². The molecule has 0 aliphatic carbocycles. The summed E-state index contributed by atoms with van der Waals surface area (Å²) < 4.78 is 0. The lowest BCUT2D eigenvalue weighted by Crippen LogP contribution is -2.10. The minimum absolute atomic E-state index is 0.287. The Morgan fingerprint density at radius 2 is 2.05 bits per heavy atom. The lowest BCUT2D eigenvalue weighted by atomic mass is 10.1. The molecule has 2 N–H and O–H groups in total. The van der Waals surface area contributed by atoms with Crippen molar-refractivity contribution < 1.29 is 9.90 Å². The van der Waals surface area contributed by atoms with E-state index in [2.05, 4.69) is 10.3 Å². The summed E-state index contributed by atoms with van der Waals surface area (Å²) in [6.07, 6.45) is -1.16. The standard InChI is InChI=1S/C14H11N3O2/c1-9-7-11(17-14(18)19)13(16-12(9)8-15)10-5-3-2-4-6-10/h2-7,17H,1H3,(H,18,19). The van der Waals surface area contributed by atoms with E-state index in [9.17, 15) is 4.79 Å². The fourth-order valence-corrected chi connectivity index (χ4v) is 1.75.